The van der Waals surface area contributed by atoms with E-state index in [4.69, 9.17) is 4.74 Å². The molecule has 2 saturated heterocycles. The van der Waals surface area contributed by atoms with Crippen molar-refractivity contribution in [2.45, 2.75) is 32.4 Å². The molecule has 2 fully saturated rings. The molecule has 30 heavy (non-hydrogen) atoms. The van der Waals surface area contributed by atoms with Gasteiger partial charge in [-0.3, -0.25) is 9.69 Å². The molecule has 1 amide bonds. The fourth-order valence-electron chi connectivity index (χ4n) is 4.68. The number of methoxy groups -OCH3 is 1. The normalized spacial score (nSPS) is 20.5. The van der Waals surface area contributed by atoms with Crippen molar-refractivity contribution >= 4 is 5.91 Å². The molecule has 0 saturated carbocycles. The molecule has 6 heteroatoms. The Hall–Kier alpha value is -2.31. The second-order valence-electron chi connectivity index (χ2n) is 8.62. The van der Waals surface area contributed by atoms with Gasteiger partial charge in [0.25, 0.3) is 0 Å². The summed E-state index contributed by atoms with van der Waals surface area (Å²) in [5.41, 5.74) is 3.73. The van der Waals surface area contributed by atoms with Crippen LogP contribution in [0.25, 0.3) is 11.1 Å². The topological polar surface area (TPSA) is 49.7 Å². The van der Waals surface area contributed by atoms with E-state index < -0.39 is 0 Å². The molecule has 0 spiro atoms. The first-order valence-corrected chi connectivity index (χ1v) is 11.1. The average molecular weight is 411 g/mol. The molecule has 0 radical (unpaired) electrons. The smallest absolute Gasteiger partial charge is 0.222 e. The first-order valence-electron chi connectivity index (χ1n) is 11.1. The number of piperazine rings is 1. The molecule has 2 aromatic rings. The average Bonchev–Trinajstić information content (AvgIpc) is 3.17. The zero-order valence-electron chi connectivity index (χ0n) is 18.3. The summed E-state index contributed by atoms with van der Waals surface area (Å²) in [6.45, 7) is 6.08. The third kappa shape index (κ3) is 4.87. The van der Waals surface area contributed by atoms with Crippen LogP contribution in [0.15, 0.2) is 36.5 Å². The van der Waals surface area contributed by atoms with Crippen molar-refractivity contribution in [2.75, 3.05) is 46.9 Å². The molecule has 162 valence electrons. The fraction of sp³-hybridized carbons (Fsp3) is 0.542. The maximum Gasteiger partial charge on any atom is 0.222 e. The van der Waals surface area contributed by atoms with E-state index in [1.165, 1.54) is 11.3 Å². The highest BCUT2D eigenvalue weighted by Gasteiger charge is 2.23. The molecule has 0 bridgehead atoms. The Balaban J connectivity index is 1.53. The number of aromatic nitrogens is 1. The number of likely N-dealkylation sites (tertiary alicyclic amines) is 1. The van der Waals surface area contributed by atoms with Crippen LogP contribution in [0.5, 0.6) is 5.75 Å². The van der Waals surface area contributed by atoms with Gasteiger partial charge in [0.05, 0.1) is 13.8 Å². The number of amides is 1. The Morgan fingerprint density at radius 1 is 1.20 bits per heavy atom. The van der Waals surface area contributed by atoms with Crippen molar-refractivity contribution in [1.82, 2.24) is 19.7 Å². The van der Waals surface area contributed by atoms with E-state index in [1.54, 1.807) is 7.11 Å². The SMILES string of the molecule is COc1ccccc1-c1cc(CCC2CCC(=O)N(C)C2)n(CN2CCNCC2)c1. The van der Waals surface area contributed by atoms with Crippen LogP contribution < -0.4 is 10.1 Å². The van der Waals surface area contributed by atoms with E-state index in [2.05, 4.69) is 39.2 Å². The number of hydrogen-bond acceptors (Lipinski definition) is 4. The molecule has 2 aliphatic heterocycles. The van der Waals surface area contributed by atoms with Crippen molar-refractivity contribution in [3.63, 3.8) is 0 Å². The van der Waals surface area contributed by atoms with E-state index in [0.29, 0.717) is 12.3 Å². The fourth-order valence-corrected chi connectivity index (χ4v) is 4.68. The standard InChI is InChI=1S/C24H34N4O2/c1-26-16-19(8-10-24(26)29)7-9-21-15-20(22-5-3-4-6-23(22)30-2)17-28(21)18-27-13-11-25-12-14-27/h3-6,15,17,19,25H,7-14,16,18H2,1-2H3. The number of aryl methyl sites for hydroxylation is 1. The molecule has 2 aliphatic rings. The van der Waals surface area contributed by atoms with Gasteiger partial charge in [-0.2, -0.15) is 0 Å². The monoisotopic (exact) mass is 410 g/mol. The highest BCUT2D eigenvalue weighted by molar-refractivity contribution is 5.76. The minimum Gasteiger partial charge on any atom is -0.496 e. The zero-order chi connectivity index (χ0) is 20.9. The van der Waals surface area contributed by atoms with Crippen LogP contribution in [0.4, 0.5) is 0 Å². The van der Waals surface area contributed by atoms with E-state index >= 15 is 0 Å². The van der Waals surface area contributed by atoms with E-state index in [9.17, 15) is 4.79 Å². The first kappa shape index (κ1) is 20.9. The first-order chi connectivity index (χ1) is 14.6. The number of carbonyl (C=O) groups is 1. The van der Waals surface area contributed by atoms with Gasteiger partial charge in [0.2, 0.25) is 5.91 Å². The summed E-state index contributed by atoms with van der Waals surface area (Å²) in [6.07, 6.45) is 6.14. The highest BCUT2D eigenvalue weighted by atomic mass is 16.5. The number of hydrogen-bond donors (Lipinski definition) is 1. The Labute approximate surface area is 179 Å². The van der Waals surface area contributed by atoms with Crippen LogP contribution in [-0.2, 0) is 17.9 Å². The third-order valence-electron chi connectivity index (χ3n) is 6.50. The van der Waals surface area contributed by atoms with Gasteiger partial charge in [-0.05, 0) is 37.3 Å². The van der Waals surface area contributed by atoms with Crippen molar-refractivity contribution in [1.29, 1.82) is 0 Å². The van der Waals surface area contributed by atoms with E-state index in [1.807, 2.05) is 24.1 Å². The van der Waals surface area contributed by atoms with Crippen LogP contribution in [0.1, 0.15) is 25.0 Å². The number of rotatable bonds is 7. The van der Waals surface area contributed by atoms with Crippen LogP contribution in [0.3, 0.4) is 0 Å². The van der Waals surface area contributed by atoms with E-state index in [-0.39, 0.29) is 5.91 Å². The lowest BCUT2D eigenvalue weighted by atomic mass is 9.92. The van der Waals surface area contributed by atoms with Crippen molar-refractivity contribution < 1.29 is 9.53 Å². The van der Waals surface area contributed by atoms with Gasteiger partial charge in [0.15, 0.2) is 0 Å². The van der Waals surface area contributed by atoms with Crippen molar-refractivity contribution in [3.05, 3.63) is 42.2 Å². The Morgan fingerprint density at radius 2 is 2.00 bits per heavy atom. The maximum atomic E-state index is 11.8. The second-order valence-corrected chi connectivity index (χ2v) is 8.62. The summed E-state index contributed by atoms with van der Waals surface area (Å²) < 4.78 is 8.03. The predicted molar refractivity (Wildman–Crippen MR) is 120 cm³/mol. The summed E-state index contributed by atoms with van der Waals surface area (Å²) in [7, 11) is 3.67. The summed E-state index contributed by atoms with van der Waals surface area (Å²) in [6, 6.07) is 10.6. The van der Waals surface area contributed by atoms with Crippen molar-refractivity contribution in [3.8, 4) is 16.9 Å². The number of carbonyl (C=O) groups excluding carboxylic acids is 1. The Kier molecular flexibility index (Phi) is 6.75. The quantitative estimate of drug-likeness (QED) is 0.763. The lowest BCUT2D eigenvalue weighted by molar-refractivity contribution is -0.133. The Morgan fingerprint density at radius 3 is 2.77 bits per heavy atom. The second kappa shape index (κ2) is 9.67. The molecule has 1 unspecified atom stereocenters. The number of nitrogens with zero attached hydrogens (tertiary/aromatic N) is 3. The van der Waals surface area contributed by atoms with Gasteiger partial charge in [0.1, 0.15) is 5.75 Å². The third-order valence-corrected chi connectivity index (χ3v) is 6.50. The minimum atomic E-state index is 0.284. The molecule has 1 aromatic carbocycles. The van der Waals surface area contributed by atoms with Gasteiger partial charge in [0, 0.05) is 69.2 Å². The molecule has 6 nitrogen and oxygen atoms in total. The number of benzene rings is 1. The van der Waals surface area contributed by atoms with Crippen LogP contribution in [0, 0.1) is 5.92 Å². The summed E-state index contributed by atoms with van der Waals surface area (Å²) >= 11 is 0. The van der Waals surface area contributed by atoms with Gasteiger partial charge in [-0.25, -0.2) is 0 Å². The Bertz CT molecular complexity index is 857. The number of ether oxygens (including phenoxy) is 1. The number of nitrogens with one attached hydrogen (secondary N) is 1. The highest BCUT2D eigenvalue weighted by Crippen LogP contribution is 2.32. The van der Waals surface area contributed by atoms with Crippen LogP contribution >= 0.6 is 0 Å². The lowest BCUT2D eigenvalue weighted by Crippen LogP contribution is -2.44. The molecule has 4 rings (SSSR count). The summed E-state index contributed by atoms with van der Waals surface area (Å²) in [4.78, 5) is 16.2. The molecule has 1 aromatic heterocycles. The summed E-state index contributed by atoms with van der Waals surface area (Å²) in [5, 5.41) is 3.44. The van der Waals surface area contributed by atoms with E-state index in [0.717, 1.165) is 70.0 Å². The maximum absolute atomic E-state index is 11.8. The summed E-state index contributed by atoms with van der Waals surface area (Å²) in [5.74, 6) is 1.78. The van der Waals surface area contributed by atoms with Crippen LogP contribution in [-0.4, -0.2) is 67.2 Å². The predicted octanol–water partition coefficient (Wildman–Crippen LogP) is 2.83. The molecular weight excluding hydrogens is 376 g/mol. The van der Waals surface area contributed by atoms with Crippen LogP contribution in [0.2, 0.25) is 0 Å². The molecule has 3 heterocycles. The number of para-hydroxylation sites is 1. The molecular formula is C24H34N4O2. The van der Waals surface area contributed by atoms with Gasteiger partial charge in [-0.15, -0.1) is 0 Å². The molecule has 0 aliphatic carbocycles. The van der Waals surface area contributed by atoms with Gasteiger partial charge in [-0.1, -0.05) is 18.2 Å². The zero-order valence-corrected chi connectivity index (χ0v) is 18.3. The molecule has 1 atom stereocenters. The largest absolute Gasteiger partial charge is 0.496 e. The van der Waals surface area contributed by atoms with Gasteiger partial charge < -0.3 is 19.5 Å². The van der Waals surface area contributed by atoms with Gasteiger partial charge >= 0.3 is 0 Å². The minimum absolute atomic E-state index is 0.284. The number of piperidine rings is 1. The van der Waals surface area contributed by atoms with Crippen molar-refractivity contribution in [2.24, 2.45) is 5.92 Å². The molecule has 1 N–H and O–H groups in total. The lowest BCUT2D eigenvalue weighted by Gasteiger charge is -2.30.